The minimum Gasteiger partial charge on any atom is -0.460 e. The second-order valence-corrected chi connectivity index (χ2v) is 55.3. The normalized spacial score (nSPS) is 15.7. The third-order valence-electron chi connectivity index (χ3n) is 25.7. The smallest absolute Gasteiger partial charge is 0.460 e. The summed E-state index contributed by atoms with van der Waals surface area (Å²) in [5.41, 5.74) is 6.78. The van der Waals surface area contributed by atoms with E-state index in [1.165, 1.54) is 41.5 Å². The Hall–Kier alpha value is -4.98. The first-order chi connectivity index (χ1) is 67.6. The van der Waals surface area contributed by atoms with Crippen LogP contribution >= 0.6 is 42.7 Å². The molecule has 0 saturated heterocycles. The van der Waals surface area contributed by atoms with Crippen LogP contribution in [0.1, 0.15) is 355 Å². The number of carbonyl (C=O) groups excluding carboxylic acids is 4. The molecule has 12 unspecified atom stereocenters. The van der Waals surface area contributed by atoms with Crippen molar-refractivity contribution in [1.29, 1.82) is 0 Å². The molecule has 858 valence electrons. The first-order valence-corrected chi connectivity index (χ1v) is 59.8. The standard InChI is InChI=1S/C30H42O6.C28H38O6.C18H42N2O6P2.C14H32O10P2.C14H30O8S2/c1-29(2,27(33)35-21-23-11-7-5-8-12-23)19-17-25(31)15-16-26(32)18-20-30(3,4)28(34)36-22-24-13-9-6-10-14-24;1-27(2,25(31)33-23-11-7-5-8-12-23)19-17-21(29)15-16-22(30)18-20-28(3,4)26(32)34-24-13-9-6-10-14-24;1-17(2,11-13-27(19,23)24)9-7-15(21)5-6-16(22)8-10-18(3,4)12-14-28(20,25)26;1-13(2,23-25(17,18)19)9-7-11(15)5-6-12(16)8-10-14(3,4)24-26(20,21)22;1-13(2,23-22-21-17)9-7-11(15)5-6-12(16)8-10-14(3,4)24(18,19)20/h5-14,25-26,31-32H,15-22H2,1-4H3;5-14,21-22,29-30H,15-20H2,1-4H3;15-16,21-22H,5-14H2,1-4H3,(H3,19,23,24)(H3,20,25,26);11-12,15-16H,5-10H2,1-4H3,(H2,17,18,19)(H2,20,21,22);11-12,15-17H,5-10H2,1-4H3,(H,18,19,20). The van der Waals surface area contributed by atoms with Crippen LogP contribution in [0, 0.1) is 32.5 Å². The van der Waals surface area contributed by atoms with Crippen LogP contribution in [0.2, 0.25) is 0 Å². The molecular weight excluding hydrogens is 2040 g/mol. The zero-order valence-electron chi connectivity index (χ0n) is 90.9. The third kappa shape index (κ3) is 73.4. The van der Waals surface area contributed by atoms with Crippen LogP contribution in [0.5, 0.6) is 11.5 Å². The van der Waals surface area contributed by atoms with E-state index in [0.717, 1.165) is 23.2 Å². The number of para-hydroxylation sites is 2. The highest BCUT2D eigenvalue weighted by Gasteiger charge is 2.39. The summed E-state index contributed by atoms with van der Waals surface area (Å²) in [6.45, 7) is 35.5. The highest BCUT2D eigenvalue weighted by atomic mass is 32.2. The molecule has 0 amide bonds. The minimum absolute atomic E-state index is 0.0699. The molecule has 38 nitrogen and oxygen atoms in total. The van der Waals surface area contributed by atoms with E-state index < -0.39 is 139 Å². The summed E-state index contributed by atoms with van der Waals surface area (Å²) >= 11 is 0.945. The Kier molecular flexibility index (Phi) is 65.6. The largest absolute Gasteiger partial charge is 0.470 e. The number of phosphoric acid groups is 2. The quantitative estimate of drug-likeness (QED) is 0.00371. The van der Waals surface area contributed by atoms with E-state index in [1.54, 1.807) is 76.2 Å². The second-order valence-electron chi connectivity index (χ2n) is 45.6. The van der Waals surface area contributed by atoms with E-state index in [-0.39, 0.29) is 116 Å². The van der Waals surface area contributed by atoms with E-state index in [9.17, 15) is 107 Å². The molecule has 0 bridgehead atoms. The molecule has 22 N–H and O–H groups in total. The molecule has 0 spiro atoms. The van der Waals surface area contributed by atoms with Crippen LogP contribution in [0.3, 0.4) is 0 Å². The number of esters is 4. The fourth-order valence-corrected chi connectivity index (χ4v) is 18.7. The van der Waals surface area contributed by atoms with Crippen LogP contribution in [0.25, 0.3) is 0 Å². The zero-order valence-corrected chi connectivity index (χ0v) is 96.1. The van der Waals surface area contributed by atoms with Crippen molar-refractivity contribution in [2.24, 2.45) is 43.5 Å². The number of ether oxygens (including phenoxy) is 4. The fraction of sp³-hybridized carbons (Fsp3) is 0.731. The summed E-state index contributed by atoms with van der Waals surface area (Å²) in [5.74, 6) is -0.259. The molecule has 0 saturated carbocycles. The SMILES string of the molecule is CC(C)(CCC(O)CCC(O)CCC(C)(C)C(=O)OCc1ccccc1)C(=O)OCc1ccccc1.CC(C)(CCC(O)CCC(O)CCC(C)(C)C(=O)Oc1ccccc1)C(=O)Oc1ccccc1.CC(C)(CCC(O)CCC(O)CCC(C)(C)CCP(N)(=O)O)CCP(N)(=O)O.CC(C)(CCC(O)CCC(O)CCC(C)(C)OP(=O)(O)O)OP(=O)(O)O.CC(C)(CCC(O)CCC(O)CCC(C)(C)S(=O)(=O)O)SOOO. The van der Waals surface area contributed by atoms with Gasteiger partial charge in [0, 0.05) is 29.1 Å². The van der Waals surface area contributed by atoms with Gasteiger partial charge in [0.15, 0.2) is 0 Å². The molecule has 12 atom stereocenters. The number of hydrogen-bond donors (Lipinski definition) is 20. The van der Waals surface area contributed by atoms with Crippen molar-refractivity contribution in [2.45, 2.75) is 439 Å². The topological polar surface area (TPSA) is 661 Å². The monoisotopic (exact) mass is 2230 g/mol. The minimum atomic E-state index is -4.61. The van der Waals surface area contributed by atoms with Crippen LogP contribution in [-0.4, -0.2) is 217 Å². The van der Waals surface area contributed by atoms with Crippen LogP contribution in [0.4, 0.5) is 0 Å². The molecule has 4 aromatic carbocycles. The van der Waals surface area contributed by atoms with Crippen molar-refractivity contribution in [3.63, 3.8) is 0 Å². The van der Waals surface area contributed by atoms with Crippen molar-refractivity contribution in [3.8, 4) is 11.5 Å². The lowest BCUT2D eigenvalue weighted by Crippen LogP contribution is -2.32. The molecule has 0 aromatic heterocycles. The van der Waals surface area contributed by atoms with Gasteiger partial charge in [-0.25, -0.2) is 14.4 Å². The molecule has 148 heavy (non-hydrogen) atoms. The number of aliphatic hydroxyl groups is 10. The van der Waals surface area contributed by atoms with Crippen molar-refractivity contribution in [2.75, 3.05) is 12.3 Å². The number of carbonyl (C=O) groups is 4. The van der Waals surface area contributed by atoms with Gasteiger partial charge in [0.25, 0.3) is 25.2 Å². The molecule has 0 aliphatic rings. The predicted octanol–water partition coefficient (Wildman–Crippen LogP) is 18.5. The molecule has 0 heterocycles. The number of benzene rings is 4. The second kappa shape index (κ2) is 67.9. The van der Waals surface area contributed by atoms with Gasteiger partial charge >= 0.3 is 39.5 Å². The first kappa shape index (κ1) is 143. The van der Waals surface area contributed by atoms with E-state index in [0.29, 0.717) is 166 Å². The third-order valence-corrected chi connectivity index (χ3v) is 31.3. The van der Waals surface area contributed by atoms with Gasteiger partial charge in [0.05, 0.1) is 98.6 Å². The van der Waals surface area contributed by atoms with Crippen molar-refractivity contribution < 1.29 is 173 Å². The Morgan fingerprint density at radius 3 is 0.777 bits per heavy atom. The van der Waals surface area contributed by atoms with Gasteiger partial charge in [-0.3, -0.25) is 52.9 Å². The highest BCUT2D eigenvalue weighted by molar-refractivity contribution is 7.95. The van der Waals surface area contributed by atoms with Gasteiger partial charge in [0.2, 0.25) is 0 Å². The summed E-state index contributed by atoms with van der Waals surface area (Å²) in [6, 6.07) is 36.9. The molecule has 0 aliphatic carbocycles. The summed E-state index contributed by atoms with van der Waals surface area (Å²) in [4.78, 5) is 104. The molecule has 44 heteroatoms. The molecule has 4 rings (SSSR count). The van der Waals surface area contributed by atoms with E-state index in [4.69, 9.17) is 59.3 Å². The fourth-order valence-electron chi connectivity index (χ4n) is 14.6. The Labute approximate surface area is 883 Å². The molecule has 0 aliphatic heterocycles. The Morgan fingerprint density at radius 1 is 0.318 bits per heavy atom. The summed E-state index contributed by atoms with van der Waals surface area (Å²) < 4.78 is 109. The number of nitrogens with two attached hydrogens (primary N) is 2. The van der Waals surface area contributed by atoms with Crippen LogP contribution in [0.15, 0.2) is 121 Å². The zero-order chi connectivity index (χ0) is 114. The number of aliphatic hydroxyl groups excluding tert-OH is 10. The van der Waals surface area contributed by atoms with E-state index in [1.807, 2.05) is 142 Å². The average Bonchev–Trinajstić information content (AvgIpc) is 0.838. The van der Waals surface area contributed by atoms with Crippen LogP contribution < -0.4 is 20.5 Å². The summed E-state index contributed by atoms with van der Waals surface area (Å²) in [7, 11) is -20.4. The van der Waals surface area contributed by atoms with Crippen LogP contribution in [-0.2, 0) is 88.7 Å². The number of phosphoric ester groups is 2. The van der Waals surface area contributed by atoms with Gasteiger partial charge in [-0.05, 0) is 362 Å². The predicted molar refractivity (Wildman–Crippen MR) is 571 cm³/mol. The Balaban J connectivity index is 0.00000184. The lowest BCUT2D eigenvalue weighted by molar-refractivity contribution is -0.432. The van der Waals surface area contributed by atoms with Crippen molar-refractivity contribution in [1.82, 2.24) is 0 Å². The maximum Gasteiger partial charge on any atom is 0.470 e. The lowest BCUT2D eigenvalue weighted by Gasteiger charge is -2.27. The Morgan fingerprint density at radius 2 is 0.541 bits per heavy atom. The Bertz CT molecular complexity index is 4410. The molecular formula is C104H184N2O36P4S2. The molecule has 0 radical (unpaired) electrons. The first-order valence-electron chi connectivity index (χ1n) is 50.8. The average molecular weight is 2230 g/mol. The van der Waals surface area contributed by atoms with Crippen molar-refractivity contribution in [3.05, 3.63) is 132 Å². The van der Waals surface area contributed by atoms with E-state index >= 15 is 0 Å². The number of hydrogen-bond acceptors (Lipinski definition) is 30. The van der Waals surface area contributed by atoms with Gasteiger partial charge in [0.1, 0.15) is 24.7 Å². The summed E-state index contributed by atoms with van der Waals surface area (Å²) in [6.07, 6.45) is 7.20. The maximum absolute atomic E-state index is 12.5. The molecule has 4 aromatic rings. The number of rotatable bonds is 69. The maximum atomic E-state index is 12.5. The van der Waals surface area contributed by atoms with Gasteiger partial charge in [-0.1, -0.05) is 130 Å². The van der Waals surface area contributed by atoms with Gasteiger partial charge in [-0.15, -0.1) is 4.33 Å². The highest BCUT2D eigenvalue weighted by Crippen LogP contribution is 2.46. The van der Waals surface area contributed by atoms with Gasteiger partial charge in [-0.2, -0.15) is 8.42 Å². The molecule has 0 fully saturated rings. The lowest BCUT2D eigenvalue weighted by atomic mass is 9.82. The van der Waals surface area contributed by atoms with Gasteiger partial charge < -0.3 is 99.4 Å². The van der Waals surface area contributed by atoms with Crippen molar-refractivity contribution >= 4 is 76.7 Å². The summed E-state index contributed by atoms with van der Waals surface area (Å²) in [5, 5.41) is 113. The van der Waals surface area contributed by atoms with E-state index in [2.05, 4.69) is 18.4 Å².